The lowest BCUT2D eigenvalue weighted by Gasteiger charge is -1.82. The highest BCUT2D eigenvalue weighted by atomic mass is 32.1. The van der Waals surface area contributed by atoms with Gasteiger partial charge in [-0.1, -0.05) is 0 Å². The summed E-state index contributed by atoms with van der Waals surface area (Å²) in [4.78, 5) is 9.31. The summed E-state index contributed by atoms with van der Waals surface area (Å²) in [6.07, 6.45) is 0.398. The van der Waals surface area contributed by atoms with Crippen molar-refractivity contribution in [3.8, 4) is 0 Å². The Morgan fingerprint density at radius 2 is 2.50 bits per heavy atom. The Morgan fingerprint density at radius 1 is 2.00 bits per heavy atom. The molecule has 0 aliphatic carbocycles. The molecule has 0 aliphatic heterocycles. The zero-order valence-corrected chi connectivity index (χ0v) is 3.83. The second-order valence-corrected chi connectivity index (χ2v) is 1.06. The molecule has 0 saturated heterocycles. The van der Waals surface area contributed by atoms with Crippen LogP contribution in [0, 0.1) is 5.41 Å². The van der Waals surface area contributed by atoms with Gasteiger partial charge >= 0.3 is 0 Å². The van der Waals surface area contributed by atoms with E-state index in [0.717, 1.165) is 0 Å². The van der Waals surface area contributed by atoms with E-state index in [1.165, 1.54) is 0 Å². The minimum atomic E-state index is -0.134. The van der Waals surface area contributed by atoms with Crippen molar-refractivity contribution < 1.29 is 4.79 Å². The van der Waals surface area contributed by atoms with E-state index < -0.39 is 0 Å². The Morgan fingerprint density at radius 3 is 2.50 bits per heavy atom. The maximum atomic E-state index is 9.31. The van der Waals surface area contributed by atoms with Gasteiger partial charge in [0, 0.05) is 0 Å². The Kier molecular flexibility index (Phi) is 2.48. The van der Waals surface area contributed by atoms with Crippen LogP contribution in [0.25, 0.3) is 0 Å². The average Bonchev–Trinajstić information content (AvgIpc) is 1.35. The van der Waals surface area contributed by atoms with Crippen molar-refractivity contribution in [1.29, 1.82) is 5.41 Å². The smallest absolute Gasteiger partial charge is 0.213 e. The lowest BCUT2D eigenvalue weighted by atomic mass is 11.1. The van der Waals surface area contributed by atoms with Crippen molar-refractivity contribution in [3.05, 3.63) is 0 Å². The Hall–Kier alpha value is -0.510. The molecule has 0 bridgehead atoms. The standard InChI is InChI=1S/C2H4N2OS/c3-2(6)4-1-5/h1H,(H3,3,4,5,6). The molecule has 0 saturated carbocycles. The van der Waals surface area contributed by atoms with Crippen molar-refractivity contribution in [1.82, 2.24) is 5.32 Å². The Balaban J connectivity index is 3.05. The van der Waals surface area contributed by atoms with Crippen LogP contribution in [-0.2, 0) is 4.79 Å². The number of amidine groups is 1. The first-order chi connectivity index (χ1) is 2.77. The molecule has 0 heterocycles. The Labute approximate surface area is 40.7 Å². The van der Waals surface area contributed by atoms with Crippen LogP contribution in [0.15, 0.2) is 0 Å². The second kappa shape index (κ2) is 2.71. The molecule has 0 fully saturated rings. The minimum Gasteiger partial charge on any atom is -0.308 e. The van der Waals surface area contributed by atoms with Crippen LogP contribution in [0.4, 0.5) is 0 Å². The van der Waals surface area contributed by atoms with E-state index in [2.05, 4.69) is 12.6 Å². The van der Waals surface area contributed by atoms with E-state index in [1.807, 2.05) is 5.32 Å². The highest BCUT2D eigenvalue weighted by molar-refractivity contribution is 7.96. The van der Waals surface area contributed by atoms with Crippen LogP contribution < -0.4 is 5.32 Å². The van der Waals surface area contributed by atoms with Crippen molar-refractivity contribution in [2.45, 2.75) is 0 Å². The van der Waals surface area contributed by atoms with Gasteiger partial charge in [0.05, 0.1) is 0 Å². The first kappa shape index (κ1) is 5.49. The third-order valence-corrected chi connectivity index (χ3v) is 0.325. The maximum Gasteiger partial charge on any atom is 0.213 e. The summed E-state index contributed by atoms with van der Waals surface area (Å²) < 4.78 is 0. The van der Waals surface area contributed by atoms with Crippen LogP contribution in [-0.4, -0.2) is 11.6 Å². The fourth-order valence-corrected chi connectivity index (χ4v) is 0.109. The molecule has 2 N–H and O–H groups in total. The van der Waals surface area contributed by atoms with Crippen molar-refractivity contribution in [2.75, 3.05) is 0 Å². The summed E-state index contributed by atoms with van der Waals surface area (Å²) in [5.74, 6) is 0. The fourth-order valence-electron chi connectivity index (χ4n) is 0.0558. The fraction of sp³-hybridized carbons (Fsp3) is 0. The van der Waals surface area contributed by atoms with Gasteiger partial charge in [-0.25, -0.2) is 0 Å². The molecule has 3 nitrogen and oxygen atoms in total. The largest absolute Gasteiger partial charge is 0.308 e. The highest BCUT2D eigenvalue weighted by Gasteiger charge is 1.74. The van der Waals surface area contributed by atoms with Crippen molar-refractivity contribution >= 4 is 24.2 Å². The second-order valence-electron chi connectivity index (χ2n) is 0.611. The molecule has 0 atom stereocenters. The molecule has 6 heavy (non-hydrogen) atoms. The van der Waals surface area contributed by atoms with Gasteiger partial charge in [0.25, 0.3) is 0 Å². The molecule has 0 radical (unpaired) electrons. The summed E-state index contributed by atoms with van der Waals surface area (Å²) >= 11 is 3.42. The number of hydrogen-bond acceptors (Lipinski definition) is 2. The lowest BCUT2D eigenvalue weighted by Crippen LogP contribution is -2.13. The van der Waals surface area contributed by atoms with Gasteiger partial charge in [0.15, 0.2) is 5.17 Å². The van der Waals surface area contributed by atoms with Crippen LogP contribution >= 0.6 is 12.6 Å². The molecular weight excluding hydrogens is 100 g/mol. The SMILES string of the molecule is N=C(S)NC=O. The summed E-state index contributed by atoms with van der Waals surface area (Å²) in [7, 11) is 0. The van der Waals surface area contributed by atoms with Gasteiger partial charge in [-0.15, -0.1) is 12.6 Å². The molecule has 0 aromatic carbocycles. The van der Waals surface area contributed by atoms with Crippen LogP contribution in [0.2, 0.25) is 0 Å². The number of carbonyl (C=O) groups is 1. The number of amides is 1. The van der Waals surface area contributed by atoms with Crippen LogP contribution in [0.1, 0.15) is 0 Å². The third-order valence-electron chi connectivity index (χ3n) is 0.196. The van der Waals surface area contributed by atoms with E-state index in [0.29, 0.717) is 6.41 Å². The normalized spacial score (nSPS) is 6.83. The van der Waals surface area contributed by atoms with E-state index >= 15 is 0 Å². The van der Waals surface area contributed by atoms with Gasteiger partial charge < -0.3 is 5.32 Å². The van der Waals surface area contributed by atoms with Crippen LogP contribution in [0.3, 0.4) is 0 Å². The van der Waals surface area contributed by atoms with Gasteiger partial charge in [0.2, 0.25) is 6.41 Å². The van der Waals surface area contributed by atoms with Crippen LogP contribution in [0.5, 0.6) is 0 Å². The molecule has 34 valence electrons. The molecule has 1 amide bonds. The molecule has 4 heteroatoms. The minimum absolute atomic E-state index is 0.134. The molecule has 0 aromatic heterocycles. The first-order valence-electron chi connectivity index (χ1n) is 1.25. The molecule has 0 aromatic rings. The zero-order valence-electron chi connectivity index (χ0n) is 2.93. The zero-order chi connectivity index (χ0) is 4.99. The summed E-state index contributed by atoms with van der Waals surface area (Å²) in [5.41, 5.74) is 0. The summed E-state index contributed by atoms with van der Waals surface area (Å²) in [5, 5.41) is 8.26. The van der Waals surface area contributed by atoms with E-state index in [9.17, 15) is 4.79 Å². The van der Waals surface area contributed by atoms with Crippen molar-refractivity contribution in [3.63, 3.8) is 0 Å². The number of nitrogens with one attached hydrogen (secondary N) is 2. The quantitative estimate of drug-likeness (QED) is 0.180. The van der Waals surface area contributed by atoms with Gasteiger partial charge in [-0.05, 0) is 0 Å². The maximum absolute atomic E-state index is 9.31. The summed E-state index contributed by atoms with van der Waals surface area (Å²) in [6, 6.07) is 0. The molecule has 0 aliphatic rings. The van der Waals surface area contributed by atoms with Crippen molar-refractivity contribution in [2.24, 2.45) is 0 Å². The first-order valence-corrected chi connectivity index (χ1v) is 1.70. The molecule has 0 spiro atoms. The topological polar surface area (TPSA) is 53.0 Å². The Bertz CT molecular complexity index is 71.9. The molecule has 0 unspecified atom stereocenters. The predicted octanol–water partition coefficient (Wildman–Crippen LogP) is -0.403. The highest BCUT2D eigenvalue weighted by Crippen LogP contribution is 1.64. The summed E-state index contributed by atoms with van der Waals surface area (Å²) in [6.45, 7) is 0. The number of carbonyl (C=O) groups excluding carboxylic acids is 1. The molecule has 0 rings (SSSR count). The molecular formula is C2H4N2OS. The van der Waals surface area contributed by atoms with E-state index in [1.54, 1.807) is 0 Å². The predicted molar refractivity (Wildman–Crippen MR) is 25.9 cm³/mol. The monoisotopic (exact) mass is 104 g/mol. The number of hydrogen-bond donors (Lipinski definition) is 3. The average molecular weight is 104 g/mol. The number of rotatable bonds is 1. The van der Waals surface area contributed by atoms with Gasteiger partial charge in [0.1, 0.15) is 0 Å². The van der Waals surface area contributed by atoms with E-state index in [4.69, 9.17) is 5.41 Å². The lowest BCUT2D eigenvalue weighted by molar-refractivity contribution is -0.108. The van der Waals surface area contributed by atoms with Gasteiger partial charge in [-0.2, -0.15) is 0 Å². The van der Waals surface area contributed by atoms with E-state index in [-0.39, 0.29) is 5.17 Å². The number of thiol groups is 1. The van der Waals surface area contributed by atoms with Gasteiger partial charge in [-0.3, -0.25) is 10.2 Å². The third kappa shape index (κ3) is 3.49.